The van der Waals surface area contributed by atoms with Gasteiger partial charge in [-0.15, -0.1) is 0 Å². The van der Waals surface area contributed by atoms with Crippen LogP contribution in [0.1, 0.15) is 38.8 Å². The predicted octanol–water partition coefficient (Wildman–Crippen LogP) is 2.64. The average Bonchev–Trinajstić information content (AvgIpc) is 2.17. The van der Waals surface area contributed by atoms with Crippen LogP contribution >= 0.6 is 0 Å². The molecule has 0 saturated carbocycles. The van der Waals surface area contributed by atoms with Gasteiger partial charge in [0.15, 0.2) is 0 Å². The van der Waals surface area contributed by atoms with Gasteiger partial charge in [-0.3, -0.25) is 5.26 Å². The van der Waals surface area contributed by atoms with E-state index in [2.05, 4.69) is 4.89 Å². The molecule has 0 unspecified atom stereocenters. The van der Waals surface area contributed by atoms with Crippen LogP contribution in [0.4, 0.5) is 0 Å². The lowest BCUT2D eigenvalue weighted by molar-refractivity contribution is -0.318. The molecule has 0 bridgehead atoms. The molecule has 0 spiro atoms. The summed E-state index contributed by atoms with van der Waals surface area (Å²) in [5.41, 5.74) is 0.124. The van der Waals surface area contributed by atoms with Crippen molar-refractivity contribution in [1.82, 2.24) is 0 Å². The monoisotopic (exact) mass is 210 g/mol. The van der Waals surface area contributed by atoms with Crippen molar-refractivity contribution in [2.24, 2.45) is 0 Å². The highest BCUT2D eigenvalue weighted by atomic mass is 17.1. The van der Waals surface area contributed by atoms with Crippen LogP contribution in [0.5, 0.6) is 0 Å². The molecule has 0 aliphatic heterocycles. The average molecular weight is 210 g/mol. The molecule has 0 amide bonds. The van der Waals surface area contributed by atoms with Gasteiger partial charge in [-0.2, -0.15) is 0 Å². The van der Waals surface area contributed by atoms with Gasteiger partial charge in [-0.05, 0) is 38.8 Å². The summed E-state index contributed by atoms with van der Waals surface area (Å²) in [5, 5.41) is 18.5. The largest absolute Gasteiger partial charge is 0.386 e. The molecule has 3 nitrogen and oxygen atoms in total. The van der Waals surface area contributed by atoms with Crippen LogP contribution in [0.2, 0.25) is 0 Å². The van der Waals surface area contributed by atoms with E-state index in [9.17, 15) is 5.11 Å². The Morgan fingerprint density at radius 1 is 0.933 bits per heavy atom. The molecule has 15 heavy (non-hydrogen) atoms. The summed E-state index contributed by atoms with van der Waals surface area (Å²) in [6.45, 7) is 7.00. The molecule has 0 aliphatic rings. The Morgan fingerprint density at radius 3 is 1.67 bits per heavy atom. The van der Waals surface area contributed by atoms with Gasteiger partial charge in [-0.25, -0.2) is 4.89 Å². The van der Waals surface area contributed by atoms with Crippen LogP contribution in [0.15, 0.2) is 24.3 Å². The highest BCUT2D eigenvalue weighted by molar-refractivity contribution is 5.29. The molecule has 0 radical (unpaired) electrons. The first kappa shape index (κ1) is 12.2. The molecular weight excluding hydrogens is 192 g/mol. The van der Waals surface area contributed by atoms with Gasteiger partial charge in [0.25, 0.3) is 0 Å². The zero-order valence-corrected chi connectivity index (χ0v) is 9.61. The predicted molar refractivity (Wildman–Crippen MR) is 58.4 cm³/mol. The Morgan fingerprint density at radius 2 is 1.33 bits per heavy atom. The van der Waals surface area contributed by atoms with Gasteiger partial charge >= 0.3 is 0 Å². The highest BCUT2D eigenvalue weighted by Gasteiger charge is 2.22. The van der Waals surface area contributed by atoms with Crippen molar-refractivity contribution >= 4 is 0 Å². The minimum Gasteiger partial charge on any atom is -0.386 e. The Bertz CT molecular complexity index is 320. The van der Waals surface area contributed by atoms with Crippen LogP contribution in [0.3, 0.4) is 0 Å². The third-order valence-electron chi connectivity index (χ3n) is 2.51. The molecule has 0 aliphatic carbocycles. The van der Waals surface area contributed by atoms with Crippen LogP contribution < -0.4 is 0 Å². The van der Waals surface area contributed by atoms with E-state index in [1.165, 1.54) is 0 Å². The maximum atomic E-state index is 9.76. The minimum absolute atomic E-state index is 0.724. The molecule has 2 N–H and O–H groups in total. The fraction of sp³-hybridized carbons (Fsp3) is 0.500. The summed E-state index contributed by atoms with van der Waals surface area (Å²) in [4.78, 5) is 4.39. The number of benzene rings is 1. The second-order valence-electron chi connectivity index (χ2n) is 4.74. The summed E-state index contributed by atoms with van der Waals surface area (Å²) in [7, 11) is 0. The smallest absolute Gasteiger partial charge is 0.123 e. The molecule has 1 aromatic rings. The molecule has 1 rings (SSSR count). The fourth-order valence-corrected chi connectivity index (χ4v) is 1.33. The van der Waals surface area contributed by atoms with E-state index in [0.717, 1.165) is 11.1 Å². The molecule has 0 atom stereocenters. The first-order chi connectivity index (χ1) is 6.77. The van der Waals surface area contributed by atoms with Crippen LogP contribution in [0.25, 0.3) is 0 Å². The fourth-order valence-electron chi connectivity index (χ4n) is 1.33. The maximum absolute atomic E-state index is 9.76. The molecule has 0 saturated heterocycles. The first-order valence-corrected chi connectivity index (χ1v) is 4.93. The van der Waals surface area contributed by atoms with E-state index < -0.39 is 11.2 Å². The van der Waals surface area contributed by atoms with Crippen molar-refractivity contribution in [3.8, 4) is 0 Å². The maximum Gasteiger partial charge on any atom is 0.123 e. The van der Waals surface area contributed by atoms with E-state index in [1.54, 1.807) is 27.7 Å². The van der Waals surface area contributed by atoms with Gasteiger partial charge in [0, 0.05) is 0 Å². The zero-order valence-electron chi connectivity index (χ0n) is 9.61. The first-order valence-electron chi connectivity index (χ1n) is 4.93. The van der Waals surface area contributed by atoms with Gasteiger partial charge in [0.05, 0.1) is 5.60 Å². The zero-order chi connectivity index (χ0) is 11.7. The molecule has 1 aromatic carbocycles. The van der Waals surface area contributed by atoms with Crippen LogP contribution in [0, 0.1) is 0 Å². The van der Waals surface area contributed by atoms with Crippen molar-refractivity contribution in [2.75, 3.05) is 0 Å². The van der Waals surface area contributed by atoms with Gasteiger partial charge in [0.2, 0.25) is 0 Å². The lowest BCUT2D eigenvalue weighted by atomic mass is 9.92. The lowest BCUT2D eigenvalue weighted by Gasteiger charge is -2.23. The van der Waals surface area contributed by atoms with Crippen molar-refractivity contribution < 1.29 is 15.3 Å². The molecule has 0 aromatic heterocycles. The summed E-state index contributed by atoms with van der Waals surface area (Å²) >= 11 is 0. The van der Waals surface area contributed by atoms with E-state index in [-0.39, 0.29) is 0 Å². The number of aliphatic hydroxyl groups is 1. The summed E-state index contributed by atoms with van der Waals surface area (Å²) in [6, 6.07) is 7.33. The van der Waals surface area contributed by atoms with Crippen molar-refractivity contribution in [3.63, 3.8) is 0 Å². The van der Waals surface area contributed by atoms with Gasteiger partial charge in [0.1, 0.15) is 5.60 Å². The standard InChI is InChI=1S/C12H18O3/c1-11(2,13)9-5-7-10(8-6-9)12(3,4)15-14/h5-8,13-14H,1-4H3. The van der Waals surface area contributed by atoms with Gasteiger partial charge in [-0.1, -0.05) is 24.3 Å². The third kappa shape index (κ3) is 2.78. The van der Waals surface area contributed by atoms with Crippen molar-refractivity contribution in [2.45, 2.75) is 38.9 Å². The molecule has 84 valence electrons. The number of rotatable bonds is 3. The van der Waals surface area contributed by atoms with E-state index in [0.29, 0.717) is 0 Å². The van der Waals surface area contributed by atoms with E-state index in [1.807, 2.05) is 24.3 Å². The number of hydrogen-bond donors (Lipinski definition) is 2. The second kappa shape index (κ2) is 3.93. The second-order valence-corrected chi connectivity index (χ2v) is 4.74. The Balaban J connectivity index is 3.01. The van der Waals surface area contributed by atoms with Crippen LogP contribution in [-0.2, 0) is 16.1 Å². The van der Waals surface area contributed by atoms with Crippen molar-refractivity contribution in [3.05, 3.63) is 35.4 Å². The Hall–Kier alpha value is -0.900. The van der Waals surface area contributed by atoms with Crippen molar-refractivity contribution in [1.29, 1.82) is 0 Å². The van der Waals surface area contributed by atoms with E-state index >= 15 is 0 Å². The van der Waals surface area contributed by atoms with Crippen LogP contribution in [-0.4, -0.2) is 10.4 Å². The SMILES string of the molecule is CC(C)(O)c1ccc(C(C)(C)OO)cc1. The molecule has 3 heteroatoms. The summed E-state index contributed by atoms with van der Waals surface area (Å²) < 4.78 is 0. The van der Waals surface area contributed by atoms with E-state index in [4.69, 9.17) is 5.26 Å². The minimum atomic E-state index is -0.844. The molecule has 0 heterocycles. The molecule has 0 fully saturated rings. The lowest BCUT2D eigenvalue weighted by Crippen LogP contribution is -2.21. The van der Waals surface area contributed by atoms with Gasteiger partial charge < -0.3 is 5.11 Å². The third-order valence-corrected chi connectivity index (χ3v) is 2.51. The topological polar surface area (TPSA) is 49.7 Å². The highest BCUT2D eigenvalue weighted by Crippen LogP contribution is 2.26. The summed E-state index contributed by atoms with van der Waals surface area (Å²) in [5.74, 6) is 0. The number of hydrogen-bond acceptors (Lipinski definition) is 3. The quantitative estimate of drug-likeness (QED) is 0.595. The normalized spacial score (nSPS) is 12.9. The Kier molecular flexibility index (Phi) is 3.19. The summed E-state index contributed by atoms with van der Waals surface area (Å²) in [6.07, 6.45) is 0. The molecular formula is C12H18O3. The Labute approximate surface area is 90.3 Å².